The van der Waals surface area contributed by atoms with Crippen LogP contribution in [0.4, 0.5) is 0 Å². The lowest BCUT2D eigenvalue weighted by atomic mass is 10.2. The van der Waals surface area contributed by atoms with E-state index in [9.17, 15) is 4.79 Å². The fraction of sp³-hybridized carbons (Fsp3) is 0.0769. The van der Waals surface area contributed by atoms with Crippen LogP contribution in [0.1, 0.15) is 15.2 Å². The minimum Gasteiger partial charge on any atom is -0.454 e. The van der Waals surface area contributed by atoms with Crippen molar-refractivity contribution in [1.29, 1.82) is 0 Å². The van der Waals surface area contributed by atoms with Crippen molar-refractivity contribution in [3.05, 3.63) is 44.6 Å². The molecule has 0 aliphatic carbocycles. The van der Waals surface area contributed by atoms with Crippen LogP contribution >= 0.6 is 27.3 Å². The molecule has 0 saturated heterocycles. The molecule has 2 aromatic rings. The number of hydrogen-bond acceptors (Lipinski definition) is 5. The first-order chi connectivity index (χ1) is 9.72. The average molecular weight is 353 g/mol. The minimum atomic E-state index is -0.296. The van der Waals surface area contributed by atoms with Gasteiger partial charge >= 0.3 is 0 Å². The van der Waals surface area contributed by atoms with E-state index in [0.717, 1.165) is 9.35 Å². The van der Waals surface area contributed by atoms with Gasteiger partial charge in [0.1, 0.15) is 0 Å². The second-order valence-corrected chi connectivity index (χ2v) is 5.79. The van der Waals surface area contributed by atoms with Gasteiger partial charge in [-0.05, 0) is 40.2 Å². The van der Waals surface area contributed by atoms with E-state index in [-0.39, 0.29) is 12.7 Å². The van der Waals surface area contributed by atoms with Crippen LogP contribution in [0.2, 0.25) is 0 Å². The van der Waals surface area contributed by atoms with E-state index in [1.54, 1.807) is 24.4 Å². The molecule has 102 valence electrons. The van der Waals surface area contributed by atoms with Gasteiger partial charge in [-0.15, -0.1) is 11.3 Å². The van der Waals surface area contributed by atoms with Gasteiger partial charge in [0, 0.05) is 20.3 Å². The molecule has 0 bridgehead atoms. The summed E-state index contributed by atoms with van der Waals surface area (Å²) in [5.74, 6) is 0.924. The molecule has 1 aliphatic rings. The molecule has 1 N–H and O–H groups in total. The van der Waals surface area contributed by atoms with Gasteiger partial charge < -0.3 is 9.47 Å². The summed E-state index contributed by atoms with van der Waals surface area (Å²) in [6, 6.07) is 6.92. The molecule has 3 rings (SSSR count). The van der Waals surface area contributed by atoms with Crippen molar-refractivity contribution in [3.8, 4) is 11.5 Å². The van der Waals surface area contributed by atoms with Gasteiger partial charge in [-0.25, -0.2) is 5.43 Å². The number of thiophene rings is 1. The number of nitrogens with one attached hydrogen (secondary N) is 1. The van der Waals surface area contributed by atoms with Gasteiger partial charge in [-0.1, -0.05) is 0 Å². The molecule has 0 saturated carbocycles. The quantitative estimate of drug-likeness (QED) is 0.682. The van der Waals surface area contributed by atoms with Crippen LogP contribution in [0.15, 0.2) is 39.2 Å². The fourth-order valence-corrected chi connectivity index (χ4v) is 2.96. The molecule has 0 spiro atoms. The van der Waals surface area contributed by atoms with Crippen molar-refractivity contribution in [3.63, 3.8) is 0 Å². The molecule has 1 aliphatic heterocycles. The lowest BCUT2D eigenvalue weighted by Gasteiger charge is -2.01. The highest BCUT2D eigenvalue weighted by Gasteiger charge is 2.15. The van der Waals surface area contributed by atoms with Crippen LogP contribution in [-0.2, 0) is 0 Å². The summed E-state index contributed by atoms with van der Waals surface area (Å²) in [6.45, 7) is 0.186. The third kappa shape index (κ3) is 2.83. The molecule has 1 amide bonds. The first kappa shape index (κ1) is 13.1. The van der Waals surface area contributed by atoms with Gasteiger partial charge in [0.2, 0.25) is 6.79 Å². The highest BCUT2D eigenvalue weighted by Crippen LogP contribution is 2.32. The molecular weight excluding hydrogens is 344 g/mol. The van der Waals surface area contributed by atoms with E-state index in [4.69, 9.17) is 9.47 Å². The summed E-state index contributed by atoms with van der Waals surface area (Å²) in [5.41, 5.74) is 2.94. The number of hydrogen-bond donors (Lipinski definition) is 1. The molecule has 2 heterocycles. The molecule has 20 heavy (non-hydrogen) atoms. The van der Waals surface area contributed by atoms with E-state index >= 15 is 0 Å². The Labute approximate surface area is 127 Å². The molecule has 1 aromatic carbocycles. The van der Waals surface area contributed by atoms with E-state index in [0.29, 0.717) is 17.1 Å². The summed E-state index contributed by atoms with van der Waals surface area (Å²) in [4.78, 5) is 12.9. The highest BCUT2D eigenvalue weighted by molar-refractivity contribution is 9.10. The predicted molar refractivity (Wildman–Crippen MR) is 79.6 cm³/mol. The van der Waals surface area contributed by atoms with E-state index < -0.39 is 0 Å². The largest absolute Gasteiger partial charge is 0.454 e. The van der Waals surface area contributed by atoms with Crippen molar-refractivity contribution < 1.29 is 14.3 Å². The topological polar surface area (TPSA) is 59.9 Å². The Morgan fingerprint density at radius 3 is 3.00 bits per heavy atom. The molecule has 7 heteroatoms. The third-order valence-electron chi connectivity index (χ3n) is 2.58. The normalized spacial score (nSPS) is 12.8. The number of benzene rings is 1. The van der Waals surface area contributed by atoms with Crippen molar-refractivity contribution in [2.75, 3.05) is 6.79 Å². The lowest BCUT2D eigenvalue weighted by Crippen LogP contribution is -2.17. The summed E-state index contributed by atoms with van der Waals surface area (Å²) in [5, 5.41) is 5.86. The second kappa shape index (κ2) is 5.64. The van der Waals surface area contributed by atoms with Crippen molar-refractivity contribution >= 4 is 39.4 Å². The maximum atomic E-state index is 11.9. The Morgan fingerprint density at radius 1 is 1.35 bits per heavy atom. The monoisotopic (exact) mass is 352 g/mol. The molecule has 1 aromatic heterocycles. The number of hydrazone groups is 1. The van der Waals surface area contributed by atoms with Crippen LogP contribution in [-0.4, -0.2) is 18.9 Å². The van der Waals surface area contributed by atoms with Crippen LogP contribution < -0.4 is 14.9 Å². The number of carbonyl (C=O) groups is 1. The highest BCUT2D eigenvalue weighted by atomic mass is 79.9. The first-order valence-electron chi connectivity index (χ1n) is 5.69. The van der Waals surface area contributed by atoms with E-state index in [2.05, 4.69) is 26.5 Å². The Balaban J connectivity index is 1.66. The van der Waals surface area contributed by atoms with Crippen molar-refractivity contribution in [1.82, 2.24) is 5.43 Å². The zero-order valence-electron chi connectivity index (χ0n) is 10.1. The zero-order valence-corrected chi connectivity index (χ0v) is 12.5. The van der Waals surface area contributed by atoms with Gasteiger partial charge in [0.05, 0.1) is 6.21 Å². The Morgan fingerprint density at radius 2 is 2.20 bits per heavy atom. The predicted octanol–water partition coefficient (Wildman–Crippen LogP) is 3.00. The van der Waals surface area contributed by atoms with Crippen molar-refractivity contribution in [2.45, 2.75) is 0 Å². The SMILES string of the molecule is O=C(N/N=C\c1cc(Br)cs1)c1ccc2c(c1)OCO2. The summed E-state index contributed by atoms with van der Waals surface area (Å²) in [6.07, 6.45) is 1.60. The first-order valence-corrected chi connectivity index (χ1v) is 7.37. The number of ether oxygens (including phenoxy) is 2. The summed E-state index contributed by atoms with van der Waals surface area (Å²) >= 11 is 4.88. The molecule has 5 nitrogen and oxygen atoms in total. The number of halogens is 1. The van der Waals surface area contributed by atoms with Crippen LogP contribution in [0, 0.1) is 0 Å². The molecule has 0 radical (unpaired) electrons. The van der Waals surface area contributed by atoms with Gasteiger partial charge in [-0.2, -0.15) is 5.10 Å². The Hall–Kier alpha value is -1.86. The van der Waals surface area contributed by atoms with Crippen molar-refractivity contribution in [2.24, 2.45) is 5.10 Å². The summed E-state index contributed by atoms with van der Waals surface area (Å²) < 4.78 is 11.4. The molecule has 0 fully saturated rings. The van der Waals surface area contributed by atoms with Crippen LogP contribution in [0.5, 0.6) is 11.5 Å². The van der Waals surface area contributed by atoms with Gasteiger partial charge in [0.15, 0.2) is 11.5 Å². The summed E-state index contributed by atoms with van der Waals surface area (Å²) in [7, 11) is 0. The maximum Gasteiger partial charge on any atom is 0.271 e. The van der Waals surface area contributed by atoms with Gasteiger partial charge in [-0.3, -0.25) is 4.79 Å². The second-order valence-electron chi connectivity index (χ2n) is 3.93. The Bertz CT molecular complexity index is 684. The van der Waals surface area contributed by atoms with Crippen LogP contribution in [0.3, 0.4) is 0 Å². The number of nitrogens with zero attached hydrogens (tertiary/aromatic N) is 1. The number of carbonyl (C=O) groups excluding carboxylic acids is 1. The average Bonchev–Trinajstić information content (AvgIpc) is 3.06. The third-order valence-corrected chi connectivity index (χ3v) is 4.21. The lowest BCUT2D eigenvalue weighted by molar-refractivity contribution is 0.0954. The number of amides is 1. The van der Waals surface area contributed by atoms with Gasteiger partial charge in [0.25, 0.3) is 5.91 Å². The van der Waals surface area contributed by atoms with E-state index in [1.807, 2.05) is 11.4 Å². The number of rotatable bonds is 3. The molecular formula is C13H9BrN2O3S. The minimum absolute atomic E-state index is 0.186. The molecule has 0 unspecified atom stereocenters. The molecule has 0 atom stereocenters. The van der Waals surface area contributed by atoms with Crippen LogP contribution in [0.25, 0.3) is 0 Å². The standard InChI is InChI=1S/C13H9BrN2O3S/c14-9-4-10(20-6-9)5-15-16-13(17)8-1-2-11-12(3-8)19-7-18-11/h1-6H,7H2,(H,16,17)/b15-5-. The fourth-order valence-electron chi connectivity index (χ4n) is 1.65. The smallest absolute Gasteiger partial charge is 0.271 e. The maximum absolute atomic E-state index is 11.9. The number of fused-ring (bicyclic) bond motifs is 1. The Kier molecular flexibility index (Phi) is 3.70. The van der Waals surface area contributed by atoms with E-state index in [1.165, 1.54) is 11.3 Å². The zero-order chi connectivity index (χ0) is 13.9.